The van der Waals surface area contributed by atoms with Crippen molar-refractivity contribution in [1.29, 1.82) is 0 Å². The van der Waals surface area contributed by atoms with Crippen molar-refractivity contribution in [2.45, 2.75) is 26.3 Å². The molecule has 0 saturated carbocycles. The van der Waals surface area contributed by atoms with Gasteiger partial charge in [-0.25, -0.2) is 9.37 Å². The molecule has 1 amide bonds. The number of carbonyl (C=O) groups excluding carboxylic acids is 1. The molecule has 2 aromatic carbocycles. The van der Waals surface area contributed by atoms with Gasteiger partial charge in [-0.2, -0.15) is 0 Å². The first-order valence-electron chi connectivity index (χ1n) is 9.24. The Morgan fingerprint density at radius 3 is 2.74 bits per heavy atom. The molecule has 1 aromatic heterocycles. The van der Waals surface area contributed by atoms with E-state index in [0.717, 1.165) is 36.2 Å². The number of fused-ring (bicyclic) bond motifs is 1. The first-order chi connectivity index (χ1) is 13.2. The zero-order valence-electron chi connectivity index (χ0n) is 15.5. The second-order valence-corrected chi connectivity index (χ2v) is 6.23. The quantitative estimate of drug-likeness (QED) is 0.587. The molecule has 0 spiro atoms. The summed E-state index contributed by atoms with van der Waals surface area (Å²) in [7, 11) is 0. The van der Waals surface area contributed by atoms with Gasteiger partial charge >= 0.3 is 0 Å². The predicted octanol–water partition coefficient (Wildman–Crippen LogP) is 3.57. The zero-order valence-corrected chi connectivity index (χ0v) is 15.5. The van der Waals surface area contributed by atoms with Gasteiger partial charge in [-0.3, -0.25) is 4.79 Å². The van der Waals surface area contributed by atoms with Crippen molar-refractivity contribution < 1.29 is 13.9 Å². The van der Waals surface area contributed by atoms with E-state index >= 15 is 0 Å². The SMILES string of the molecule is CCOCCn1c(CCCNC(=O)c2ccc(F)cc2)nc2ccccc21. The minimum atomic E-state index is -0.350. The summed E-state index contributed by atoms with van der Waals surface area (Å²) in [6.07, 6.45) is 1.52. The molecule has 0 bridgehead atoms. The van der Waals surface area contributed by atoms with E-state index in [1.807, 2.05) is 25.1 Å². The number of aryl methyl sites for hydroxylation is 1. The lowest BCUT2D eigenvalue weighted by atomic mass is 10.2. The van der Waals surface area contributed by atoms with Crippen LogP contribution in [0.15, 0.2) is 48.5 Å². The van der Waals surface area contributed by atoms with Crippen LogP contribution in [0.5, 0.6) is 0 Å². The van der Waals surface area contributed by atoms with Crippen LogP contribution in [-0.4, -0.2) is 35.2 Å². The molecule has 0 aliphatic rings. The fourth-order valence-electron chi connectivity index (χ4n) is 3.02. The molecule has 0 aliphatic heterocycles. The molecule has 0 saturated heterocycles. The molecule has 0 radical (unpaired) electrons. The normalized spacial score (nSPS) is 11.0. The Labute approximate surface area is 158 Å². The van der Waals surface area contributed by atoms with Gasteiger partial charge in [0.25, 0.3) is 5.91 Å². The van der Waals surface area contributed by atoms with Gasteiger partial charge in [0.05, 0.1) is 17.6 Å². The van der Waals surface area contributed by atoms with Crippen LogP contribution in [0.1, 0.15) is 29.5 Å². The van der Waals surface area contributed by atoms with Crippen LogP contribution in [0.3, 0.4) is 0 Å². The van der Waals surface area contributed by atoms with Crippen molar-refractivity contribution >= 4 is 16.9 Å². The van der Waals surface area contributed by atoms with Gasteiger partial charge in [0.1, 0.15) is 11.6 Å². The van der Waals surface area contributed by atoms with Crippen molar-refractivity contribution in [2.75, 3.05) is 19.8 Å². The molecule has 27 heavy (non-hydrogen) atoms. The average Bonchev–Trinajstić information content (AvgIpc) is 3.03. The van der Waals surface area contributed by atoms with Crippen LogP contribution >= 0.6 is 0 Å². The van der Waals surface area contributed by atoms with Gasteiger partial charge in [-0.05, 0) is 49.7 Å². The summed E-state index contributed by atoms with van der Waals surface area (Å²) in [5.41, 5.74) is 2.53. The number of nitrogens with zero attached hydrogens (tertiary/aromatic N) is 2. The number of hydrogen-bond donors (Lipinski definition) is 1. The van der Waals surface area contributed by atoms with E-state index in [1.54, 1.807) is 0 Å². The number of benzene rings is 2. The van der Waals surface area contributed by atoms with E-state index < -0.39 is 0 Å². The summed E-state index contributed by atoms with van der Waals surface area (Å²) < 4.78 is 20.6. The molecule has 0 aliphatic carbocycles. The summed E-state index contributed by atoms with van der Waals surface area (Å²) in [6.45, 7) is 4.61. The van der Waals surface area contributed by atoms with Gasteiger partial charge in [0, 0.05) is 31.7 Å². The fourth-order valence-corrected chi connectivity index (χ4v) is 3.02. The second-order valence-electron chi connectivity index (χ2n) is 6.23. The third-order valence-corrected chi connectivity index (χ3v) is 4.37. The Bertz CT molecular complexity index is 890. The van der Waals surface area contributed by atoms with Crippen LogP contribution in [0.2, 0.25) is 0 Å². The number of rotatable bonds is 9. The number of nitrogens with one attached hydrogen (secondary N) is 1. The van der Waals surface area contributed by atoms with Gasteiger partial charge in [-0.15, -0.1) is 0 Å². The highest BCUT2D eigenvalue weighted by molar-refractivity contribution is 5.94. The molecule has 3 aromatic rings. The maximum atomic E-state index is 12.9. The summed E-state index contributed by atoms with van der Waals surface area (Å²) >= 11 is 0. The van der Waals surface area contributed by atoms with E-state index in [-0.39, 0.29) is 11.7 Å². The Morgan fingerprint density at radius 2 is 1.96 bits per heavy atom. The number of hydrogen-bond acceptors (Lipinski definition) is 3. The number of halogens is 1. The number of amides is 1. The number of carbonyl (C=O) groups is 1. The van der Waals surface area contributed by atoms with Crippen LogP contribution in [0, 0.1) is 5.82 Å². The first kappa shape index (κ1) is 19.0. The van der Waals surface area contributed by atoms with Crippen LogP contribution in [0.25, 0.3) is 11.0 Å². The maximum absolute atomic E-state index is 12.9. The molecular formula is C21H24FN3O2. The maximum Gasteiger partial charge on any atom is 0.251 e. The summed E-state index contributed by atoms with van der Waals surface area (Å²) in [4.78, 5) is 16.8. The zero-order chi connectivity index (χ0) is 19.1. The molecule has 1 N–H and O–H groups in total. The molecule has 6 heteroatoms. The highest BCUT2D eigenvalue weighted by Crippen LogP contribution is 2.17. The number of para-hydroxylation sites is 2. The lowest BCUT2D eigenvalue weighted by Crippen LogP contribution is -2.25. The van der Waals surface area contributed by atoms with Crippen molar-refractivity contribution in [3.05, 3.63) is 65.7 Å². The van der Waals surface area contributed by atoms with Crippen LogP contribution in [-0.2, 0) is 17.7 Å². The van der Waals surface area contributed by atoms with Crippen LogP contribution in [0.4, 0.5) is 4.39 Å². The molecule has 3 rings (SSSR count). The van der Waals surface area contributed by atoms with Crippen molar-refractivity contribution in [2.24, 2.45) is 0 Å². The highest BCUT2D eigenvalue weighted by Gasteiger charge is 2.11. The van der Waals surface area contributed by atoms with Gasteiger partial charge in [-0.1, -0.05) is 12.1 Å². The van der Waals surface area contributed by atoms with E-state index in [1.165, 1.54) is 24.3 Å². The monoisotopic (exact) mass is 369 g/mol. The largest absolute Gasteiger partial charge is 0.380 e. The third-order valence-electron chi connectivity index (χ3n) is 4.37. The Hall–Kier alpha value is -2.73. The molecule has 0 fully saturated rings. The summed E-state index contributed by atoms with van der Waals surface area (Å²) in [5, 5.41) is 2.87. The number of imidazole rings is 1. The van der Waals surface area contributed by atoms with Gasteiger partial charge in [0.2, 0.25) is 0 Å². The van der Waals surface area contributed by atoms with Gasteiger partial charge < -0.3 is 14.6 Å². The summed E-state index contributed by atoms with van der Waals surface area (Å²) in [5.74, 6) is 0.448. The van der Waals surface area contributed by atoms with Gasteiger partial charge in [0.15, 0.2) is 0 Å². The van der Waals surface area contributed by atoms with E-state index in [4.69, 9.17) is 9.72 Å². The fraction of sp³-hybridized carbons (Fsp3) is 0.333. The Balaban J connectivity index is 1.58. The number of aromatic nitrogens is 2. The number of ether oxygens (including phenoxy) is 1. The van der Waals surface area contributed by atoms with E-state index in [9.17, 15) is 9.18 Å². The van der Waals surface area contributed by atoms with Crippen molar-refractivity contribution in [3.8, 4) is 0 Å². The summed E-state index contributed by atoms with van der Waals surface area (Å²) in [6, 6.07) is 13.6. The molecular weight excluding hydrogens is 345 g/mol. The Morgan fingerprint density at radius 1 is 1.19 bits per heavy atom. The molecule has 142 valence electrons. The average molecular weight is 369 g/mol. The third kappa shape index (κ3) is 4.92. The minimum Gasteiger partial charge on any atom is -0.380 e. The van der Waals surface area contributed by atoms with E-state index in [0.29, 0.717) is 25.3 Å². The predicted molar refractivity (Wildman–Crippen MR) is 103 cm³/mol. The molecule has 0 atom stereocenters. The standard InChI is InChI=1S/C21H24FN3O2/c1-2-27-15-14-25-19-7-4-3-6-18(19)24-20(25)8-5-13-23-21(26)16-9-11-17(22)12-10-16/h3-4,6-7,9-12H,2,5,8,13-15H2,1H3,(H,23,26). The van der Waals surface area contributed by atoms with Crippen LogP contribution < -0.4 is 5.32 Å². The lowest BCUT2D eigenvalue weighted by molar-refractivity contribution is 0.0953. The topological polar surface area (TPSA) is 56.1 Å². The molecule has 5 nitrogen and oxygen atoms in total. The van der Waals surface area contributed by atoms with E-state index in [2.05, 4.69) is 16.0 Å². The van der Waals surface area contributed by atoms with Crippen molar-refractivity contribution in [3.63, 3.8) is 0 Å². The van der Waals surface area contributed by atoms with Crippen molar-refractivity contribution in [1.82, 2.24) is 14.9 Å². The highest BCUT2D eigenvalue weighted by atomic mass is 19.1. The molecule has 1 heterocycles. The first-order valence-corrected chi connectivity index (χ1v) is 9.24. The minimum absolute atomic E-state index is 0.195. The Kier molecular flexibility index (Phi) is 6.54. The molecule has 0 unspecified atom stereocenters. The second kappa shape index (κ2) is 9.28. The smallest absolute Gasteiger partial charge is 0.251 e. The lowest BCUT2D eigenvalue weighted by Gasteiger charge is -2.10.